The second-order valence-corrected chi connectivity index (χ2v) is 6.83. The molecule has 0 saturated heterocycles. The van der Waals surface area contributed by atoms with Gasteiger partial charge < -0.3 is 5.32 Å². The molecule has 1 heterocycles. The van der Waals surface area contributed by atoms with E-state index in [1.807, 2.05) is 32.9 Å². The van der Waals surface area contributed by atoms with Gasteiger partial charge in [-0.15, -0.1) is 0 Å². The number of aromatic nitrogens is 1. The van der Waals surface area contributed by atoms with Crippen LogP contribution in [0, 0.1) is 32.1 Å². The summed E-state index contributed by atoms with van der Waals surface area (Å²) in [7, 11) is 0. The number of pyridine rings is 1. The molecular weight excluding hydrogens is 342 g/mol. The fraction of sp³-hybridized carbons (Fsp3) is 0.278. The van der Waals surface area contributed by atoms with E-state index in [9.17, 15) is 10.1 Å². The number of carbonyl (C=O) groups is 1. The van der Waals surface area contributed by atoms with Crippen LogP contribution in [0.15, 0.2) is 29.3 Å². The van der Waals surface area contributed by atoms with Crippen molar-refractivity contribution in [2.45, 2.75) is 32.3 Å². The predicted octanol–water partition coefficient (Wildman–Crippen LogP) is 3.94. The number of hydrogen-bond donors (Lipinski definition) is 1. The summed E-state index contributed by atoms with van der Waals surface area (Å²) in [4.78, 5) is 16.5. The Bertz CT molecular complexity index is 797. The molecule has 1 amide bonds. The zero-order valence-corrected chi connectivity index (χ0v) is 15.4. The lowest BCUT2D eigenvalue weighted by Gasteiger charge is -2.11. The molecule has 0 aliphatic rings. The van der Waals surface area contributed by atoms with Gasteiger partial charge in [0.1, 0.15) is 11.1 Å². The Morgan fingerprint density at radius 1 is 1.25 bits per heavy atom. The number of thioether (sulfide) groups is 1. The van der Waals surface area contributed by atoms with Gasteiger partial charge in [-0.2, -0.15) is 5.26 Å². The van der Waals surface area contributed by atoms with Crippen LogP contribution in [-0.2, 0) is 11.3 Å². The fourth-order valence-corrected chi connectivity index (χ4v) is 3.18. The van der Waals surface area contributed by atoms with Crippen LogP contribution in [-0.4, -0.2) is 16.6 Å². The maximum absolute atomic E-state index is 12.0. The number of benzene rings is 1. The van der Waals surface area contributed by atoms with Gasteiger partial charge in [0.05, 0.1) is 11.3 Å². The SMILES string of the molecule is Cc1nc(SCC(=O)NCc2ccc(Cl)cc2)c(C#N)c(C)c1C. The fourth-order valence-electron chi connectivity index (χ4n) is 2.14. The van der Waals surface area contributed by atoms with Gasteiger partial charge in [-0.3, -0.25) is 4.79 Å². The van der Waals surface area contributed by atoms with Crippen molar-refractivity contribution in [1.29, 1.82) is 5.26 Å². The van der Waals surface area contributed by atoms with E-state index in [0.717, 1.165) is 22.4 Å². The van der Waals surface area contributed by atoms with E-state index in [-0.39, 0.29) is 11.7 Å². The molecule has 0 fully saturated rings. The van der Waals surface area contributed by atoms with Crippen molar-refractivity contribution in [2.24, 2.45) is 0 Å². The molecule has 0 saturated carbocycles. The van der Waals surface area contributed by atoms with Crippen molar-refractivity contribution in [1.82, 2.24) is 10.3 Å². The largest absolute Gasteiger partial charge is 0.351 e. The summed E-state index contributed by atoms with van der Waals surface area (Å²) in [6.07, 6.45) is 0. The summed E-state index contributed by atoms with van der Waals surface area (Å²) in [6.45, 7) is 6.22. The lowest BCUT2D eigenvalue weighted by molar-refractivity contribution is -0.118. The number of rotatable bonds is 5. The molecule has 2 aromatic rings. The second-order valence-electron chi connectivity index (χ2n) is 5.43. The summed E-state index contributed by atoms with van der Waals surface area (Å²) in [6, 6.07) is 9.52. The lowest BCUT2D eigenvalue weighted by Crippen LogP contribution is -2.24. The van der Waals surface area contributed by atoms with Crippen LogP contribution in [0.25, 0.3) is 0 Å². The number of nitriles is 1. The maximum atomic E-state index is 12.0. The number of carbonyl (C=O) groups excluding carboxylic acids is 1. The average molecular weight is 360 g/mol. The number of halogens is 1. The molecule has 0 radical (unpaired) electrons. The normalized spacial score (nSPS) is 10.3. The smallest absolute Gasteiger partial charge is 0.230 e. The van der Waals surface area contributed by atoms with E-state index in [1.54, 1.807) is 12.1 Å². The Kier molecular flexibility index (Phi) is 6.24. The predicted molar refractivity (Wildman–Crippen MR) is 97.2 cm³/mol. The standard InChI is InChI=1S/C18H18ClN3OS/c1-11-12(2)16(8-20)18(22-13(11)3)24-10-17(23)21-9-14-4-6-15(19)7-5-14/h4-7H,9-10H2,1-3H3,(H,21,23). The lowest BCUT2D eigenvalue weighted by atomic mass is 10.1. The molecule has 1 aromatic carbocycles. The third-order valence-corrected chi connectivity index (χ3v) is 5.05. The van der Waals surface area contributed by atoms with Crippen molar-refractivity contribution >= 4 is 29.3 Å². The molecule has 2 rings (SSSR count). The first-order valence-electron chi connectivity index (χ1n) is 7.44. The Morgan fingerprint density at radius 2 is 1.92 bits per heavy atom. The third kappa shape index (κ3) is 4.50. The number of nitrogens with zero attached hydrogens (tertiary/aromatic N) is 2. The molecule has 24 heavy (non-hydrogen) atoms. The molecule has 1 aromatic heterocycles. The van der Waals surface area contributed by atoms with E-state index in [4.69, 9.17) is 11.6 Å². The maximum Gasteiger partial charge on any atom is 0.230 e. The highest BCUT2D eigenvalue weighted by atomic mass is 35.5. The number of amides is 1. The number of hydrogen-bond acceptors (Lipinski definition) is 4. The van der Waals surface area contributed by atoms with Gasteiger partial charge in [-0.1, -0.05) is 35.5 Å². The average Bonchev–Trinajstić information content (AvgIpc) is 2.57. The van der Waals surface area contributed by atoms with E-state index < -0.39 is 0 Å². The van der Waals surface area contributed by atoms with Crippen molar-refractivity contribution < 1.29 is 4.79 Å². The number of aryl methyl sites for hydroxylation is 1. The monoisotopic (exact) mass is 359 g/mol. The molecule has 6 heteroatoms. The summed E-state index contributed by atoms with van der Waals surface area (Å²) < 4.78 is 0. The van der Waals surface area contributed by atoms with Crippen molar-refractivity contribution in [3.63, 3.8) is 0 Å². The Labute approximate surface area is 151 Å². The summed E-state index contributed by atoms with van der Waals surface area (Å²) in [5, 5.41) is 13.5. The van der Waals surface area contributed by atoms with Gasteiger partial charge >= 0.3 is 0 Å². The van der Waals surface area contributed by atoms with Crippen molar-refractivity contribution in [3.8, 4) is 6.07 Å². The first-order chi connectivity index (χ1) is 11.4. The van der Waals surface area contributed by atoms with Gasteiger partial charge in [0.2, 0.25) is 5.91 Å². The van der Waals surface area contributed by atoms with Crippen LogP contribution in [0.1, 0.15) is 27.9 Å². The quantitative estimate of drug-likeness (QED) is 0.821. The van der Waals surface area contributed by atoms with Gasteiger partial charge in [0, 0.05) is 17.3 Å². The Balaban J connectivity index is 1.97. The minimum atomic E-state index is -0.100. The van der Waals surface area contributed by atoms with Crippen LogP contribution >= 0.6 is 23.4 Å². The van der Waals surface area contributed by atoms with Crippen LogP contribution in [0.2, 0.25) is 5.02 Å². The van der Waals surface area contributed by atoms with Gasteiger partial charge in [-0.05, 0) is 49.6 Å². The van der Waals surface area contributed by atoms with E-state index >= 15 is 0 Å². The number of nitrogens with one attached hydrogen (secondary N) is 1. The second kappa shape index (κ2) is 8.18. The molecule has 124 valence electrons. The summed E-state index contributed by atoms with van der Waals surface area (Å²) in [5.41, 5.74) is 4.36. The zero-order chi connectivity index (χ0) is 17.7. The summed E-state index contributed by atoms with van der Waals surface area (Å²) >= 11 is 7.12. The minimum Gasteiger partial charge on any atom is -0.351 e. The highest BCUT2D eigenvalue weighted by Crippen LogP contribution is 2.26. The first kappa shape index (κ1) is 18.3. The molecule has 0 aliphatic carbocycles. The van der Waals surface area contributed by atoms with E-state index in [0.29, 0.717) is 22.2 Å². The van der Waals surface area contributed by atoms with Gasteiger partial charge in [0.25, 0.3) is 0 Å². The van der Waals surface area contributed by atoms with Gasteiger partial charge in [-0.25, -0.2) is 4.98 Å². The Morgan fingerprint density at radius 3 is 2.54 bits per heavy atom. The topological polar surface area (TPSA) is 65.8 Å². The van der Waals surface area contributed by atoms with Crippen LogP contribution in [0.4, 0.5) is 0 Å². The van der Waals surface area contributed by atoms with E-state index in [2.05, 4.69) is 16.4 Å². The molecule has 0 bridgehead atoms. The van der Waals surface area contributed by atoms with Crippen molar-refractivity contribution in [3.05, 3.63) is 57.2 Å². The van der Waals surface area contributed by atoms with Crippen LogP contribution < -0.4 is 5.32 Å². The molecule has 0 unspecified atom stereocenters. The molecule has 0 atom stereocenters. The molecular formula is C18H18ClN3OS. The van der Waals surface area contributed by atoms with Crippen LogP contribution in [0.3, 0.4) is 0 Å². The zero-order valence-electron chi connectivity index (χ0n) is 13.8. The molecule has 1 N–H and O–H groups in total. The third-order valence-electron chi connectivity index (χ3n) is 3.82. The first-order valence-corrected chi connectivity index (χ1v) is 8.80. The highest BCUT2D eigenvalue weighted by Gasteiger charge is 2.14. The van der Waals surface area contributed by atoms with Crippen LogP contribution in [0.5, 0.6) is 0 Å². The Hall–Kier alpha value is -2.03. The molecule has 0 spiro atoms. The van der Waals surface area contributed by atoms with Gasteiger partial charge in [0.15, 0.2) is 0 Å². The van der Waals surface area contributed by atoms with E-state index in [1.165, 1.54) is 11.8 Å². The molecule has 0 aliphatic heterocycles. The minimum absolute atomic E-state index is 0.100. The highest BCUT2D eigenvalue weighted by molar-refractivity contribution is 8.00. The molecule has 4 nitrogen and oxygen atoms in total. The summed E-state index contributed by atoms with van der Waals surface area (Å²) in [5.74, 6) is 0.119. The van der Waals surface area contributed by atoms with Crippen molar-refractivity contribution in [2.75, 3.05) is 5.75 Å².